The van der Waals surface area contributed by atoms with Crippen molar-refractivity contribution in [3.05, 3.63) is 0 Å². The van der Waals surface area contributed by atoms with Crippen LogP contribution in [0.5, 0.6) is 0 Å². The quantitative estimate of drug-likeness (QED) is 0.0898. The summed E-state index contributed by atoms with van der Waals surface area (Å²) in [5.41, 5.74) is 0. The third kappa shape index (κ3) is 31.0. The number of carbonyl (C=O) groups is 6. The Kier molecular flexibility index (Phi) is 34.6. The van der Waals surface area contributed by atoms with E-state index in [1.54, 1.807) is 29.4 Å². The van der Waals surface area contributed by atoms with Crippen LogP contribution in [0.2, 0.25) is 0 Å². The van der Waals surface area contributed by atoms with Crippen LogP contribution in [0.4, 0.5) is 0 Å². The van der Waals surface area contributed by atoms with E-state index in [1.807, 2.05) is 9.80 Å². The Morgan fingerprint density at radius 2 is 0.516 bits per heavy atom. The van der Waals surface area contributed by atoms with Crippen molar-refractivity contribution in [2.24, 2.45) is 0 Å². The van der Waals surface area contributed by atoms with Gasteiger partial charge in [0.2, 0.25) is 0 Å². The molecular formula is C36H60Gd2N8O16. The molecule has 2 aliphatic heterocycles. The fourth-order valence-electron chi connectivity index (χ4n) is 6.82. The summed E-state index contributed by atoms with van der Waals surface area (Å²) >= 11 is 0. The van der Waals surface area contributed by atoms with E-state index in [0.717, 1.165) is 0 Å². The van der Waals surface area contributed by atoms with E-state index in [2.05, 4.69) is 0 Å². The number of rotatable bonds is 23. The number of hydrogen-bond donors (Lipinski definition) is 2. The first-order valence-corrected chi connectivity index (χ1v) is 20.0. The first kappa shape index (κ1) is 61.0. The summed E-state index contributed by atoms with van der Waals surface area (Å²) in [6.45, 7) is 1.25. The molecule has 0 aromatic rings. The van der Waals surface area contributed by atoms with Gasteiger partial charge in [-0.25, -0.2) is 0 Å². The topological polar surface area (TPSA) is 326 Å². The minimum absolute atomic E-state index is 0. The Morgan fingerprint density at radius 3 is 0.677 bits per heavy atom. The van der Waals surface area contributed by atoms with Gasteiger partial charge < -0.3 is 79.1 Å². The van der Waals surface area contributed by atoms with E-state index in [9.17, 15) is 69.6 Å². The van der Waals surface area contributed by atoms with Gasteiger partial charge in [0.15, 0.2) is 0 Å². The predicted molar refractivity (Wildman–Crippen MR) is 195 cm³/mol. The van der Waals surface area contributed by atoms with Gasteiger partial charge in [-0.1, -0.05) is 0 Å². The van der Waals surface area contributed by atoms with Gasteiger partial charge in [0.25, 0.3) is 0 Å². The standard InChI is InChI=1S/C36H66N8O16.2Gd/c45-29(19-37-1-5-39(21-31(47)48)9-13-43(25-35(55)56)14-10-40(6-2-37)22-32(49)50)27-59-17-18-60-28-30(46)20-38-3-7-41(23-33(51)52)11-15-44(26-36(57)58)16-12-42(8-4-38)24-34(53)54;;/h29-30,45-46H,1-28H2,(H,47,48)(H,49,50)(H,51,52)(H,53,54)(H,55,56)(H,57,58);;/q;2*+3/p-6. The number of aliphatic hydroxyl groups is 2. The summed E-state index contributed by atoms with van der Waals surface area (Å²) in [7, 11) is 0. The summed E-state index contributed by atoms with van der Waals surface area (Å²) in [5, 5.41) is 89.8. The summed E-state index contributed by atoms with van der Waals surface area (Å²) < 4.78 is 11.2. The normalized spacial score (nSPS) is 19.8. The summed E-state index contributed by atoms with van der Waals surface area (Å²) in [6, 6.07) is 0. The van der Waals surface area contributed by atoms with E-state index in [4.69, 9.17) is 9.47 Å². The van der Waals surface area contributed by atoms with E-state index < -0.39 is 87.3 Å². The van der Waals surface area contributed by atoms with Crippen LogP contribution >= 0.6 is 0 Å². The van der Waals surface area contributed by atoms with Crippen molar-refractivity contribution in [2.45, 2.75) is 12.2 Å². The molecule has 2 rings (SSSR count). The van der Waals surface area contributed by atoms with Gasteiger partial charge in [0, 0.05) is 157 Å². The Morgan fingerprint density at radius 1 is 0.355 bits per heavy atom. The molecule has 0 saturated carbocycles. The zero-order chi connectivity index (χ0) is 44.5. The van der Waals surface area contributed by atoms with Crippen LogP contribution in [0, 0.1) is 79.9 Å². The molecule has 62 heavy (non-hydrogen) atoms. The van der Waals surface area contributed by atoms with Crippen LogP contribution in [-0.2, 0) is 38.2 Å². The minimum Gasteiger partial charge on any atom is -0.549 e. The zero-order valence-electron chi connectivity index (χ0n) is 34.8. The van der Waals surface area contributed by atoms with E-state index in [0.29, 0.717) is 0 Å². The monoisotopic (exact) mass is 1180 g/mol. The average Bonchev–Trinajstić information content (AvgIpc) is 3.13. The van der Waals surface area contributed by atoms with Crippen LogP contribution in [0.3, 0.4) is 0 Å². The zero-order valence-corrected chi connectivity index (χ0v) is 39.4. The smallest absolute Gasteiger partial charge is 0.549 e. The molecule has 2 fully saturated rings. The molecule has 0 aromatic heterocycles. The number of carbonyl (C=O) groups excluding carboxylic acids is 6. The number of carboxylic acid groups (broad SMARTS) is 6. The summed E-state index contributed by atoms with van der Waals surface area (Å²) in [4.78, 5) is 81.3. The molecule has 2 heterocycles. The minimum atomic E-state index is -1.32. The molecule has 2 N–H and O–H groups in total. The number of ether oxygens (including phenoxy) is 2. The third-order valence-electron chi connectivity index (χ3n) is 9.91. The second-order valence-corrected chi connectivity index (χ2v) is 14.9. The van der Waals surface area contributed by atoms with Gasteiger partial charge >= 0.3 is 79.9 Å². The van der Waals surface area contributed by atoms with Crippen molar-refractivity contribution in [1.29, 1.82) is 0 Å². The molecule has 356 valence electrons. The maximum atomic E-state index is 11.4. The number of aliphatic carboxylic acids is 6. The first-order chi connectivity index (χ1) is 28.5. The maximum Gasteiger partial charge on any atom is 3.00 e. The van der Waals surface area contributed by atoms with Crippen LogP contribution in [0.25, 0.3) is 0 Å². The fraction of sp³-hybridized carbons (Fsp3) is 0.833. The Hall–Kier alpha value is -1.01. The average molecular weight is 1180 g/mol. The molecule has 2 atom stereocenters. The second kappa shape index (κ2) is 35.2. The molecule has 2 radical (unpaired) electrons. The molecule has 0 aliphatic carbocycles. The van der Waals surface area contributed by atoms with Gasteiger partial charge in [-0.15, -0.1) is 0 Å². The molecule has 0 amide bonds. The van der Waals surface area contributed by atoms with E-state index in [-0.39, 0.29) is 224 Å². The first-order valence-electron chi connectivity index (χ1n) is 20.0. The maximum absolute atomic E-state index is 11.4. The SMILES string of the molecule is O=C([O-])CN1CCN(CC(=O)[O-])CCN(CC(O)COCCOCC(O)CN2CCN(CC(=O)[O-])CCN(CC(=O)[O-])CCN(CC(=O)[O-])CC2)CCN(CC(=O)[O-])CC1.[Gd+3].[Gd+3]. The van der Waals surface area contributed by atoms with E-state index >= 15 is 0 Å². The van der Waals surface area contributed by atoms with E-state index in [1.165, 1.54) is 0 Å². The van der Waals surface area contributed by atoms with Crippen LogP contribution in [0.1, 0.15) is 0 Å². The van der Waals surface area contributed by atoms with Gasteiger partial charge in [-0.2, -0.15) is 0 Å². The molecule has 2 unspecified atom stereocenters. The van der Waals surface area contributed by atoms with Crippen molar-refractivity contribution in [1.82, 2.24) is 39.2 Å². The molecule has 0 spiro atoms. The van der Waals surface area contributed by atoms with Crippen molar-refractivity contribution in [3.8, 4) is 0 Å². The second-order valence-electron chi connectivity index (χ2n) is 14.9. The Balaban J connectivity index is 0.0000186. The van der Waals surface area contributed by atoms with Crippen LogP contribution in [0.15, 0.2) is 0 Å². The van der Waals surface area contributed by atoms with Crippen molar-refractivity contribution in [3.63, 3.8) is 0 Å². The largest absolute Gasteiger partial charge is 3.00 e. The molecule has 2 saturated heterocycles. The Bertz CT molecular complexity index is 1170. The molecule has 26 heteroatoms. The third-order valence-corrected chi connectivity index (χ3v) is 9.91. The number of nitrogens with zero attached hydrogens (tertiary/aromatic N) is 8. The fourth-order valence-corrected chi connectivity index (χ4v) is 6.82. The van der Waals surface area contributed by atoms with Crippen molar-refractivity contribution in [2.75, 3.05) is 184 Å². The van der Waals surface area contributed by atoms with Gasteiger partial charge in [-0.3, -0.25) is 39.2 Å². The van der Waals surface area contributed by atoms with Crippen LogP contribution < -0.4 is 30.6 Å². The summed E-state index contributed by atoms with van der Waals surface area (Å²) in [5.74, 6) is -7.89. The number of β-amino-alcohol motifs (C(OH)–C–C–N with tert-alkyl or cyclic N) is 2. The van der Waals surface area contributed by atoms with Crippen molar-refractivity contribution < 1.29 is 159 Å². The van der Waals surface area contributed by atoms with Gasteiger partial charge in [-0.05, 0) is 0 Å². The molecule has 0 aromatic carbocycles. The number of aliphatic hydroxyl groups excluding tert-OH is 2. The van der Waals surface area contributed by atoms with Gasteiger partial charge in [0.1, 0.15) is 0 Å². The van der Waals surface area contributed by atoms with Crippen LogP contribution in [-0.4, -0.2) is 281 Å². The number of carboxylic acids is 6. The molecule has 2 aliphatic rings. The summed E-state index contributed by atoms with van der Waals surface area (Å²) in [6.07, 6.45) is -1.99. The molecular weight excluding hydrogens is 1110 g/mol. The Labute approximate surface area is 426 Å². The number of hydrogen-bond acceptors (Lipinski definition) is 24. The van der Waals surface area contributed by atoms with Gasteiger partial charge in [0.05, 0.1) is 74.5 Å². The molecule has 0 bridgehead atoms. The molecule has 24 nitrogen and oxygen atoms in total. The predicted octanol–water partition coefficient (Wildman–Crippen LogP) is -13.3. The van der Waals surface area contributed by atoms with Crippen molar-refractivity contribution >= 4 is 35.8 Å².